The lowest BCUT2D eigenvalue weighted by Crippen LogP contribution is -2.35. The van der Waals surface area contributed by atoms with Crippen molar-refractivity contribution in [3.05, 3.63) is 4.88 Å². The molecule has 0 radical (unpaired) electrons. The number of rotatable bonds is 6. The maximum absolute atomic E-state index is 11.9. The maximum atomic E-state index is 11.9. The van der Waals surface area contributed by atoms with Gasteiger partial charge in [0.1, 0.15) is 14.8 Å². The molecule has 0 spiro atoms. The van der Waals surface area contributed by atoms with Crippen LogP contribution in [0.15, 0.2) is 4.90 Å². The zero-order chi connectivity index (χ0) is 15.8. The SMILES string of the molecule is CCC1(CNc2sc(C(N)=O)c(N)c2S(C)(=O)=O)CCC1. The smallest absolute Gasteiger partial charge is 0.261 e. The highest BCUT2D eigenvalue weighted by Crippen LogP contribution is 2.45. The predicted octanol–water partition coefficient (Wildman–Crippen LogP) is 1.82. The second kappa shape index (κ2) is 5.49. The lowest BCUT2D eigenvalue weighted by atomic mass is 9.67. The fourth-order valence-electron chi connectivity index (χ4n) is 2.70. The van der Waals surface area contributed by atoms with Crippen LogP contribution < -0.4 is 16.8 Å². The van der Waals surface area contributed by atoms with E-state index in [2.05, 4.69) is 12.2 Å². The van der Waals surface area contributed by atoms with Gasteiger partial charge >= 0.3 is 0 Å². The summed E-state index contributed by atoms with van der Waals surface area (Å²) in [6.45, 7) is 2.82. The first-order chi connectivity index (χ1) is 9.70. The number of carbonyl (C=O) groups is 1. The van der Waals surface area contributed by atoms with Gasteiger partial charge in [-0.25, -0.2) is 8.42 Å². The Morgan fingerprint density at radius 1 is 1.43 bits per heavy atom. The first-order valence-corrected chi connectivity index (χ1v) is 9.57. The van der Waals surface area contributed by atoms with Gasteiger partial charge in [0, 0.05) is 12.8 Å². The van der Waals surface area contributed by atoms with Gasteiger partial charge in [0.15, 0.2) is 9.84 Å². The Bertz CT molecular complexity index is 655. The van der Waals surface area contributed by atoms with Gasteiger partial charge in [-0.05, 0) is 24.7 Å². The summed E-state index contributed by atoms with van der Waals surface area (Å²) in [5.41, 5.74) is 11.2. The number of thiophene rings is 1. The lowest BCUT2D eigenvalue weighted by Gasteiger charge is -2.41. The van der Waals surface area contributed by atoms with E-state index in [1.54, 1.807) is 0 Å². The molecule has 21 heavy (non-hydrogen) atoms. The number of hydrogen-bond acceptors (Lipinski definition) is 6. The van der Waals surface area contributed by atoms with Gasteiger partial charge in [-0.3, -0.25) is 4.79 Å². The Morgan fingerprint density at radius 2 is 2.05 bits per heavy atom. The highest BCUT2D eigenvalue weighted by atomic mass is 32.2. The van der Waals surface area contributed by atoms with Crippen LogP contribution in [0.2, 0.25) is 0 Å². The Kier molecular flexibility index (Phi) is 4.21. The topological polar surface area (TPSA) is 115 Å². The predicted molar refractivity (Wildman–Crippen MR) is 85.4 cm³/mol. The molecule has 1 amide bonds. The largest absolute Gasteiger partial charge is 0.396 e. The molecule has 1 fully saturated rings. The molecule has 1 heterocycles. The van der Waals surface area contributed by atoms with Crippen LogP contribution in [0.3, 0.4) is 0 Å². The molecule has 0 aromatic carbocycles. The van der Waals surface area contributed by atoms with Crippen LogP contribution in [0, 0.1) is 5.41 Å². The molecule has 0 atom stereocenters. The van der Waals surface area contributed by atoms with Crippen molar-refractivity contribution in [3.8, 4) is 0 Å². The molecular formula is C13H21N3O3S2. The molecule has 1 aliphatic rings. The molecule has 1 saturated carbocycles. The van der Waals surface area contributed by atoms with Crippen LogP contribution in [0.5, 0.6) is 0 Å². The summed E-state index contributed by atoms with van der Waals surface area (Å²) < 4.78 is 23.8. The molecule has 0 saturated heterocycles. The summed E-state index contributed by atoms with van der Waals surface area (Å²) in [5, 5.41) is 3.60. The zero-order valence-electron chi connectivity index (χ0n) is 12.2. The van der Waals surface area contributed by atoms with Crippen LogP contribution in [0.25, 0.3) is 0 Å². The second-order valence-electron chi connectivity index (χ2n) is 5.70. The first kappa shape index (κ1) is 16.1. The highest BCUT2D eigenvalue weighted by molar-refractivity contribution is 7.91. The molecule has 1 aromatic rings. The lowest BCUT2D eigenvalue weighted by molar-refractivity contribution is 0.100. The molecule has 0 aliphatic heterocycles. The van der Waals surface area contributed by atoms with Crippen molar-refractivity contribution in [1.82, 2.24) is 0 Å². The van der Waals surface area contributed by atoms with E-state index in [1.807, 2.05) is 0 Å². The van der Waals surface area contributed by atoms with Gasteiger partial charge in [0.2, 0.25) is 0 Å². The number of nitrogens with one attached hydrogen (secondary N) is 1. The van der Waals surface area contributed by atoms with Crippen LogP contribution in [-0.2, 0) is 9.84 Å². The quantitative estimate of drug-likeness (QED) is 0.735. The maximum Gasteiger partial charge on any atom is 0.261 e. The van der Waals surface area contributed by atoms with E-state index in [1.165, 1.54) is 6.42 Å². The fraction of sp³-hybridized carbons (Fsp3) is 0.615. The summed E-state index contributed by atoms with van der Waals surface area (Å²) in [6, 6.07) is 0. The van der Waals surface area contributed by atoms with E-state index >= 15 is 0 Å². The van der Waals surface area contributed by atoms with Crippen molar-refractivity contribution in [2.24, 2.45) is 11.1 Å². The Morgan fingerprint density at radius 3 is 2.43 bits per heavy atom. The molecule has 5 N–H and O–H groups in total. The molecular weight excluding hydrogens is 310 g/mol. The molecule has 8 heteroatoms. The number of nitrogens with two attached hydrogens (primary N) is 2. The van der Waals surface area contributed by atoms with Crippen molar-refractivity contribution in [1.29, 1.82) is 0 Å². The molecule has 6 nitrogen and oxygen atoms in total. The van der Waals surface area contributed by atoms with Gasteiger partial charge in [0.25, 0.3) is 5.91 Å². The Balaban J connectivity index is 2.34. The van der Waals surface area contributed by atoms with E-state index < -0.39 is 15.7 Å². The summed E-state index contributed by atoms with van der Waals surface area (Å²) in [5.74, 6) is -0.704. The number of hydrogen-bond donors (Lipinski definition) is 3. The van der Waals surface area contributed by atoms with E-state index in [0.717, 1.165) is 36.9 Å². The van der Waals surface area contributed by atoms with E-state index in [0.29, 0.717) is 11.5 Å². The minimum absolute atomic E-state index is 0.00752. The van der Waals surface area contributed by atoms with Crippen LogP contribution in [0.1, 0.15) is 42.3 Å². The van der Waals surface area contributed by atoms with E-state index in [4.69, 9.17) is 11.5 Å². The summed E-state index contributed by atoms with van der Waals surface area (Å²) in [4.78, 5) is 11.5. The number of sulfone groups is 1. The summed E-state index contributed by atoms with van der Waals surface area (Å²) in [6.07, 6.45) is 5.59. The number of anilines is 2. The van der Waals surface area contributed by atoms with Crippen molar-refractivity contribution < 1.29 is 13.2 Å². The third kappa shape index (κ3) is 3.01. The summed E-state index contributed by atoms with van der Waals surface area (Å²) in [7, 11) is -3.52. The van der Waals surface area contributed by atoms with E-state index in [9.17, 15) is 13.2 Å². The molecule has 1 aromatic heterocycles. The van der Waals surface area contributed by atoms with Crippen LogP contribution in [0.4, 0.5) is 10.7 Å². The number of carbonyl (C=O) groups excluding carboxylic acids is 1. The van der Waals surface area contributed by atoms with Gasteiger partial charge in [-0.15, -0.1) is 11.3 Å². The zero-order valence-corrected chi connectivity index (χ0v) is 13.9. The normalized spacial score (nSPS) is 17.2. The summed E-state index contributed by atoms with van der Waals surface area (Å²) >= 11 is 1.02. The molecule has 0 bridgehead atoms. The molecule has 1 aliphatic carbocycles. The van der Waals surface area contributed by atoms with Gasteiger partial charge < -0.3 is 16.8 Å². The minimum atomic E-state index is -3.52. The molecule has 118 valence electrons. The van der Waals surface area contributed by atoms with Crippen LogP contribution >= 0.6 is 11.3 Å². The first-order valence-electron chi connectivity index (χ1n) is 6.86. The third-order valence-corrected chi connectivity index (χ3v) is 6.75. The van der Waals surface area contributed by atoms with E-state index in [-0.39, 0.29) is 20.9 Å². The number of amides is 1. The monoisotopic (exact) mass is 331 g/mol. The average molecular weight is 331 g/mol. The van der Waals surface area contributed by atoms with Crippen LogP contribution in [-0.4, -0.2) is 27.1 Å². The number of nitrogen functional groups attached to an aromatic ring is 1. The van der Waals surface area contributed by atoms with Gasteiger partial charge in [-0.1, -0.05) is 13.3 Å². The van der Waals surface area contributed by atoms with Gasteiger partial charge in [0.05, 0.1) is 5.69 Å². The Labute approximate surface area is 128 Å². The third-order valence-electron chi connectivity index (χ3n) is 4.28. The Hall–Kier alpha value is -1.28. The molecule has 2 rings (SSSR count). The van der Waals surface area contributed by atoms with Crippen molar-refractivity contribution in [2.75, 3.05) is 23.9 Å². The second-order valence-corrected chi connectivity index (χ2v) is 8.67. The van der Waals surface area contributed by atoms with Crippen molar-refractivity contribution in [2.45, 2.75) is 37.5 Å². The standard InChI is InChI=1S/C13H21N3O3S2/c1-3-13(5-4-6-13)7-16-12-10(21(2,18)19)8(14)9(20-12)11(15)17/h16H,3-7,14H2,1-2H3,(H2,15,17). The highest BCUT2D eigenvalue weighted by Gasteiger charge is 2.36. The molecule has 0 unspecified atom stereocenters. The minimum Gasteiger partial charge on any atom is -0.396 e. The van der Waals surface area contributed by atoms with Gasteiger partial charge in [-0.2, -0.15) is 0 Å². The average Bonchev–Trinajstić information content (AvgIpc) is 2.65. The fourth-order valence-corrected chi connectivity index (χ4v) is 5.11. The number of primary amides is 1. The van der Waals surface area contributed by atoms with Crippen molar-refractivity contribution in [3.63, 3.8) is 0 Å². The van der Waals surface area contributed by atoms with Crippen molar-refractivity contribution >= 4 is 37.8 Å².